The Morgan fingerprint density at radius 2 is 2.54 bits per heavy atom. The molecule has 0 aromatic carbocycles. The fourth-order valence-electron chi connectivity index (χ4n) is 1.40. The van der Waals surface area contributed by atoms with Crippen LogP contribution in [-0.4, -0.2) is 32.8 Å². The summed E-state index contributed by atoms with van der Waals surface area (Å²) in [6.07, 6.45) is 2.37. The maximum atomic E-state index is 5.35. The van der Waals surface area contributed by atoms with Crippen molar-refractivity contribution in [3.63, 3.8) is 0 Å². The smallest absolute Gasteiger partial charge is 0.205 e. The molecule has 1 aliphatic rings. The van der Waals surface area contributed by atoms with E-state index in [2.05, 4.69) is 15.7 Å². The molecule has 1 unspecified atom stereocenters. The summed E-state index contributed by atoms with van der Waals surface area (Å²) in [5, 5.41) is 3.12. The third kappa shape index (κ3) is 3.61. The lowest BCUT2D eigenvalue weighted by Gasteiger charge is -2.22. The van der Waals surface area contributed by atoms with Crippen molar-refractivity contribution >= 4 is 5.96 Å². The van der Waals surface area contributed by atoms with Gasteiger partial charge in [0.05, 0.1) is 6.61 Å². The summed E-state index contributed by atoms with van der Waals surface area (Å²) in [4.78, 5) is 3.92. The average molecular weight is 186 g/mol. The molecule has 1 heterocycles. The van der Waals surface area contributed by atoms with Crippen LogP contribution in [0.15, 0.2) is 4.99 Å². The van der Waals surface area contributed by atoms with Gasteiger partial charge in [0, 0.05) is 20.2 Å². The number of aliphatic imine (C=N–C) groups is 1. The maximum absolute atomic E-state index is 5.35. The lowest BCUT2D eigenvalue weighted by atomic mass is 10.0. The molecule has 4 N–H and O–H groups in total. The van der Waals surface area contributed by atoms with Crippen LogP contribution in [0.2, 0.25) is 0 Å². The third-order valence-corrected chi connectivity index (χ3v) is 2.17. The predicted molar refractivity (Wildman–Crippen MR) is 52.2 cm³/mol. The number of guanidine groups is 1. The number of hydrogen-bond donors (Lipinski definition) is 3. The number of hydrogen-bond acceptors (Lipinski definition) is 3. The highest BCUT2D eigenvalue weighted by Crippen LogP contribution is 2.11. The quantitative estimate of drug-likeness (QED) is 0.234. The topological polar surface area (TPSA) is 71.7 Å². The van der Waals surface area contributed by atoms with Gasteiger partial charge in [-0.1, -0.05) is 0 Å². The van der Waals surface area contributed by atoms with Crippen molar-refractivity contribution in [3.05, 3.63) is 0 Å². The van der Waals surface area contributed by atoms with E-state index in [0.29, 0.717) is 11.9 Å². The molecule has 13 heavy (non-hydrogen) atoms. The van der Waals surface area contributed by atoms with Gasteiger partial charge in [-0.3, -0.25) is 10.4 Å². The molecule has 1 atom stereocenters. The molecule has 5 heteroatoms. The molecule has 0 radical (unpaired) electrons. The van der Waals surface area contributed by atoms with Gasteiger partial charge in [-0.15, -0.1) is 0 Å². The van der Waals surface area contributed by atoms with Gasteiger partial charge in [0.25, 0.3) is 0 Å². The van der Waals surface area contributed by atoms with Crippen LogP contribution in [-0.2, 0) is 4.74 Å². The second kappa shape index (κ2) is 5.77. The zero-order valence-corrected chi connectivity index (χ0v) is 8.05. The third-order valence-electron chi connectivity index (χ3n) is 2.17. The van der Waals surface area contributed by atoms with E-state index in [1.165, 1.54) is 6.42 Å². The van der Waals surface area contributed by atoms with Crippen molar-refractivity contribution in [2.24, 2.45) is 16.8 Å². The monoisotopic (exact) mass is 186 g/mol. The number of hydrazine groups is 1. The summed E-state index contributed by atoms with van der Waals surface area (Å²) in [6.45, 7) is 2.62. The number of rotatable bonds is 2. The summed E-state index contributed by atoms with van der Waals surface area (Å²) in [7, 11) is 1.69. The highest BCUT2D eigenvalue weighted by molar-refractivity contribution is 5.78. The minimum atomic E-state index is 0.582. The van der Waals surface area contributed by atoms with Crippen LogP contribution in [0.25, 0.3) is 0 Å². The van der Waals surface area contributed by atoms with E-state index in [1.807, 2.05) is 0 Å². The van der Waals surface area contributed by atoms with E-state index in [0.717, 1.165) is 26.2 Å². The lowest BCUT2D eigenvalue weighted by Crippen LogP contribution is -2.44. The van der Waals surface area contributed by atoms with Gasteiger partial charge in [-0.25, -0.2) is 5.84 Å². The van der Waals surface area contributed by atoms with Crippen LogP contribution >= 0.6 is 0 Å². The van der Waals surface area contributed by atoms with E-state index in [4.69, 9.17) is 10.6 Å². The molecular formula is C8H18N4O. The molecule has 76 valence electrons. The van der Waals surface area contributed by atoms with Crippen LogP contribution in [0, 0.1) is 5.92 Å². The second-order valence-electron chi connectivity index (χ2n) is 3.18. The van der Waals surface area contributed by atoms with Crippen molar-refractivity contribution in [2.75, 3.05) is 26.8 Å². The largest absolute Gasteiger partial charge is 0.381 e. The van der Waals surface area contributed by atoms with Crippen LogP contribution in [0.4, 0.5) is 0 Å². The highest BCUT2D eigenvalue weighted by atomic mass is 16.5. The molecule has 0 aromatic rings. The van der Waals surface area contributed by atoms with Gasteiger partial charge < -0.3 is 10.1 Å². The molecule has 1 aliphatic heterocycles. The summed E-state index contributed by atoms with van der Waals surface area (Å²) in [5.41, 5.74) is 2.49. The van der Waals surface area contributed by atoms with E-state index >= 15 is 0 Å². The van der Waals surface area contributed by atoms with E-state index < -0.39 is 0 Å². The SMILES string of the molecule is CN=C(NN)NCC1CCCOC1. The fraction of sp³-hybridized carbons (Fsp3) is 0.875. The lowest BCUT2D eigenvalue weighted by molar-refractivity contribution is 0.0564. The Kier molecular flexibility index (Phi) is 4.56. The maximum Gasteiger partial charge on any atom is 0.205 e. The molecule has 0 bridgehead atoms. The standard InChI is InChI=1S/C8H18N4O/c1-10-8(12-9)11-5-7-3-2-4-13-6-7/h7H,2-6,9H2,1H3,(H2,10,11,12). The zero-order chi connectivity index (χ0) is 9.52. The van der Waals surface area contributed by atoms with Crippen molar-refractivity contribution in [3.8, 4) is 0 Å². The minimum absolute atomic E-state index is 0.582. The first-order valence-corrected chi connectivity index (χ1v) is 4.62. The van der Waals surface area contributed by atoms with Crippen molar-refractivity contribution < 1.29 is 4.74 Å². The van der Waals surface area contributed by atoms with Crippen molar-refractivity contribution in [1.29, 1.82) is 0 Å². The molecule has 5 nitrogen and oxygen atoms in total. The Morgan fingerprint density at radius 3 is 3.08 bits per heavy atom. The Bertz CT molecular complexity index is 166. The van der Waals surface area contributed by atoms with Crippen LogP contribution in [0.3, 0.4) is 0 Å². The van der Waals surface area contributed by atoms with Gasteiger partial charge in [0.15, 0.2) is 0 Å². The molecule has 0 aliphatic carbocycles. The molecule has 1 fully saturated rings. The molecular weight excluding hydrogens is 168 g/mol. The highest BCUT2D eigenvalue weighted by Gasteiger charge is 2.13. The van der Waals surface area contributed by atoms with Gasteiger partial charge >= 0.3 is 0 Å². The van der Waals surface area contributed by atoms with Gasteiger partial charge in [-0.2, -0.15) is 0 Å². The molecule has 0 aromatic heterocycles. The summed E-state index contributed by atoms with van der Waals surface area (Å²) < 4.78 is 5.35. The van der Waals surface area contributed by atoms with E-state index in [-0.39, 0.29) is 0 Å². The Labute approximate surface area is 78.7 Å². The van der Waals surface area contributed by atoms with E-state index in [9.17, 15) is 0 Å². The number of ether oxygens (including phenoxy) is 1. The first kappa shape index (κ1) is 10.3. The Hall–Kier alpha value is -0.810. The van der Waals surface area contributed by atoms with Crippen molar-refractivity contribution in [2.45, 2.75) is 12.8 Å². The van der Waals surface area contributed by atoms with Gasteiger partial charge in [0.2, 0.25) is 5.96 Å². The molecule has 1 saturated heterocycles. The summed E-state index contributed by atoms with van der Waals surface area (Å²) in [6, 6.07) is 0. The van der Waals surface area contributed by atoms with Gasteiger partial charge in [-0.05, 0) is 18.8 Å². The average Bonchev–Trinajstić information content (AvgIpc) is 2.21. The van der Waals surface area contributed by atoms with Crippen LogP contribution in [0.1, 0.15) is 12.8 Å². The summed E-state index contributed by atoms with van der Waals surface area (Å²) >= 11 is 0. The van der Waals surface area contributed by atoms with Crippen LogP contribution in [0.5, 0.6) is 0 Å². The number of nitrogens with two attached hydrogens (primary N) is 1. The van der Waals surface area contributed by atoms with Crippen LogP contribution < -0.4 is 16.6 Å². The normalized spacial score (nSPS) is 24.2. The zero-order valence-electron chi connectivity index (χ0n) is 8.05. The Morgan fingerprint density at radius 1 is 1.69 bits per heavy atom. The van der Waals surface area contributed by atoms with E-state index in [1.54, 1.807) is 7.05 Å². The first-order valence-electron chi connectivity index (χ1n) is 4.62. The summed E-state index contributed by atoms with van der Waals surface area (Å²) in [5.74, 6) is 6.44. The second-order valence-corrected chi connectivity index (χ2v) is 3.18. The predicted octanol–water partition coefficient (Wildman–Crippen LogP) is -0.548. The molecule has 0 spiro atoms. The molecule has 0 amide bonds. The Balaban J connectivity index is 2.16. The number of nitrogens with zero attached hydrogens (tertiary/aromatic N) is 1. The van der Waals surface area contributed by atoms with Gasteiger partial charge in [0.1, 0.15) is 0 Å². The fourth-order valence-corrected chi connectivity index (χ4v) is 1.40. The minimum Gasteiger partial charge on any atom is -0.381 e. The molecule has 0 saturated carbocycles. The molecule has 1 rings (SSSR count). The van der Waals surface area contributed by atoms with Crippen molar-refractivity contribution in [1.82, 2.24) is 10.7 Å². The first-order chi connectivity index (χ1) is 6.36. The number of nitrogens with one attached hydrogen (secondary N) is 2.